The maximum absolute atomic E-state index is 12.2. The number of hydrogen-bond donors (Lipinski definition) is 2. The SMILES string of the molecule is Cc1nn(C2CC3CCC(C2)N3C)cc1Nc1ncc(Br)c(NCCCN2CCC(C)(C)OC2=O)n1. The zero-order valence-electron chi connectivity index (χ0n) is 21.6. The van der Waals surface area contributed by atoms with Gasteiger partial charge >= 0.3 is 6.09 Å². The lowest BCUT2D eigenvalue weighted by Crippen LogP contribution is -2.47. The van der Waals surface area contributed by atoms with Crippen LogP contribution in [0.5, 0.6) is 0 Å². The Morgan fingerprint density at radius 2 is 1.97 bits per heavy atom. The average Bonchev–Trinajstić information content (AvgIpc) is 3.26. The van der Waals surface area contributed by atoms with Gasteiger partial charge in [-0.25, -0.2) is 9.78 Å². The summed E-state index contributed by atoms with van der Waals surface area (Å²) in [6.07, 6.45) is 10.2. The van der Waals surface area contributed by atoms with E-state index in [9.17, 15) is 4.79 Å². The van der Waals surface area contributed by atoms with E-state index in [-0.39, 0.29) is 11.7 Å². The highest BCUT2D eigenvalue weighted by atomic mass is 79.9. The van der Waals surface area contributed by atoms with Crippen molar-refractivity contribution < 1.29 is 9.53 Å². The van der Waals surface area contributed by atoms with Crippen LogP contribution in [0.3, 0.4) is 0 Å². The lowest BCUT2D eigenvalue weighted by atomic mass is 9.98. The molecule has 196 valence electrons. The van der Waals surface area contributed by atoms with Crippen LogP contribution in [0.2, 0.25) is 0 Å². The van der Waals surface area contributed by atoms with Gasteiger partial charge in [0, 0.05) is 50.5 Å². The molecule has 1 amide bonds. The minimum atomic E-state index is -0.372. The van der Waals surface area contributed by atoms with Gasteiger partial charge in [-0.15, -0.1) is 0 Å². The molecule has 2 aromatic rings. The number of nitrogens with one attached hydrogen (secondary N) is 2. The summed E-state index contributed by atoms with van der Waals surface area (Å²) < 4.78 is 8.42. The van der Waals surface area contributed by atoms with E-state index in [1.807, 2.05) is 20.8 Å². The molecule has 0 spiro atoms. The molecule has 0 saturated carbocycles. The van der Waals surface area contributed by atoms with E-state index in [2.05, 4.69) is 59.4 Å². The monoisotopic (exact) mass is 560 g/mol. The number of aryl methyl sites for hydroxylation is 1. The Morgan fingerprint density at radius 1 is 1.22 bits per heavy atom. The van der Waals surface area contributed by atoms with Crippen molar-refractivity contribution in [2.24, 2.45) is 0 Å². The Kier molecular flexibility index (Phi) is 7.13. The van der Waals surface area contributed by atoms with Gasteiger partial charge in [0.2, 0.25) is 5.95 Å². The molecule has 5 rings (SSSR count). The van der Waals surface area contributed by atoms with Gasteiger partial charge < -0.3 is 25.2 Å². The van der Waals surface area contributed by atoms with Crippen molar-refractivity contribution in [3.8, 4) is 0 Å². The van der Waals surface area contributed by atoms with Gasteiger partial charge in [0.1, 0.15) is 11.4 Å². The first-order chi connectivity index (χ1) is 17.2. The molecule has 2 bridgehead atoms. The summed E-state index contributed by atoms with van der Waals surface area (Å²) in [6, 6.07) is 1.79. The van der Waals surface area contributed by atoms with Crippen LogP contribution in [0.1, 0.15) is 64.1 Å². The third kappa shape index (κ3) is 5.46. The van der Waals surface area contributed by atoms with Crippen molar-refractivity contribution in [3.63, 3.8) is 0 Å². The van der Waals surface area contributed by atoms with Crippen molar-refractivity contribution >= 4 is 39.5 Å². The molecule has 0 radical (unpaired) electrons. The highest BCUT2D eigenvalue weighted by Gasteiger charge is 2.39. The molecule has 2 N–H and O–H groups in total. The van der Waals surface area contributed by atoms with Crippen LogP contribution in [-0.2, 0) is 4.74 Å². The van der Waals surface area contributed by atoms with E-state index in [1.165, 1.54) is 12.8 Å². The third-order valence-electron chi connectivity index (χ3n) is 7.86. The van der Waals surface area contributed by atoms with Gasteiger partial charge in [-0.05, 0) is 75.9 Å². The molecule has 3 aliphatic rings. The quantitative estimate of drug-likeness (QED) is 0.448. The number of nitrogens with zero attached hydrogens (tertiary/aromatic N) is 6. The fraction of sp³-hybridized carbons (Fsp3) is 0.680. The zero-order valence-corrected chi connectivity index (χ0v) is 23.2. The first kappa shape index (κ1) is 25.3. The molecule has 10 nitrogen and oxygen atoms in total. The lowest BCUT2D eigenvalue weighted by Gasteiger charge is -2.36. The molecule has 11 heteroatoms. The largest absolute Gasteiger partial charge is 0.443 e. The van der Waals surface area contributed by atoms with E-state index in [1.54, 1.807) is 11.1 Å². The molecule has 2 atom stereocenters. The normalized spacial score (nSPS) is 25.6. The summed E-state index contributed by atoms with van der Waals surface area (Å²) >= 11 is 3.54. The first-order valence-electron chi connectivity index (χ1n) is 13.0. The summed E-state index contributed by atoms with van der Waals surface area (Å²) in [4.78, 5) is 25.6. The van der Waals surface area contributed by atoms with E-state index in [0.717, 1.165) is 48.1 Å². The predicted molar refractivity (Wildman–Crippen MR) is 143 cm³/mol. The van der Waals surface area contributed by atoms with E-state index >= 15 is 0 Å². The first-order valence-corrected chi connectivity index (χ1v) is 13.8. The highest BCUT2D eigenvalue weighted by molar-refractivity contribution is 9.10. The van der Waals surface area contributed by atoms with Gasteiger partial charge in [0.05, 0.1) is 21.9 Å². The van der Waals surface area contributed by atoms with Crippen molar-refractivity contribution in [1.29, 1.82) is 0 Å². The minimum Gasteiger partial charge on any atom is -0.443 e. The van der Waals surface area contributed by atoms with E-state index < -0.39 is 0 Å². The van der Waals surface area contributed by atoms with Crippen molar-refractivity contribution in [2.45, 2.75) is 83.0 Å². The van der Waals surface area contributed by atoms with Gasteiger partial charge in [0.15, 0.2) is 0 Å². The molecule has 0 aromatic carbocycles. The molecule has 2 aromatic heterocycles. The Balaban J connectivity index is 1.16. The molecule has 3 fully saturated rings. The number of ether oxygens (including phenoxy) is 1. The number of cyclic esters (lactones) is 1. The second kappa shape index (κ2) is 10.2. The van der Waals surface area contributed by atoms with Crippen LogP contribution in [0.15, 0.2) is 16.9 Å². The molecule has 3 saturated heterocycles. The van der Waals surface area contributed by atoms with Crippen LogP contribution < -0.4 is 10.6 Å². The van der Waals surface area contributed by atoms with Crippen LogP contribution >= 0.6 is 15.9 Å². The minimum absolute atomic E-state index is 0.232. The second-order valence-corrected chi connectivity index (χ2v) is 11.8. The molecular weight excluding hydrogens is 524 g/mol. The van der Waals surface area contributed by atoms with Crippen molar-refractivity contribution in [2.75, 3.05) is 37.3 Å². The van der Waals surface area contributed by atoms with Crippen molar-refractivity contribution in [3.05, 3.63) is 22.6 Å². The number of rotatable bonds is 8. The molecule has 2 unspecified atom stereocenters. The Bertz CT molecular complexity index is 1090. The summed E-state index contributed by atoms with van der Waals surface area (Å²) in [5.74, 6) is 1.24. The number of fused-ring (bicyclic) bond motifs is 2. The smallest absolute Gasteiger partial charge is 0.410 e. The summed E-state index contributed by atoms with van der Waals surface area (Å²) in [6.45, 7) is 7.97. The standard InChI is InChI=1S/C25H37BrN8O2/c1-16-21(15-34(31-16)19-12-17-6-7-18(13-19)32(17)4)29-23-28-14-20(26)22(30-23)27-9-5-10-33-11-8-25(2,3)36-24(33)35/h14-15,17-19H,5-13H2,1-4H3,(H2,27,28,29,30). The summed E-state index contributed by atoms with van der Waals surface area (Å²) in [7, 11) is 2.26. The third-order valence-corrected chi connectivity index (χ3v) is 8.44. The number of halogens is 1. The maximum Gasteiger partial charge on any atom is 0.410 e. The molecular formula is C25H37BrN8O2. The Hall–Kier alpha value is -2.40. The second-order valence-electron chi connectivity index (χ2n) is 10.9. The maximum atomic E-state index is 12.2. The predicted octanol–water partition coefficient (Wildman–Crippen LogP) is 4.71. The lowest BCUT2D eigenvalue weighted by molar-refractivity contribution is -0.0253. The van der Waals surface area contributed by atoms with Crippen LogP contribution in [0.25, 0.3) is 0 Å². The average molecular weight is 562 g/mol. The highest BCUT2D eigenvalue weighted by Crippen LogP contribution is 2.40. The number of hydrogen-bond acceptors (Lipinski definition) is 8. The molecule has 36 heavy (non-hydrogen) atoms. The Labute approximate surface area is 221 Å². The fourth-order valence-corrected chi connectivity index (χ4v) is 5.92. The number of carbonyl (C=O) groups is 1. The van der Waals surface area contributed by atoms with E-state index in [4.69, 9.17) is 9.84 Å². The number of anilines is 3. The molecule has 0 aliphatic carbocycles. The van der Waals surface area contributed by atoms with Crippen LogP contribution in [0.4, 0.5) is 22.2 Å². The topological polar surface area (TPSA) is 100 Å². The molecule has 3 aliphatic heterocycles. The zero-order chi connectivity index (χ0) is 25.4. The Morgan fingerprint density at radius 3 is 2.69 bits per heavy atom. The van der Waals surface area contributed by atoms with Gasteiger partial charge in [-0.2, -0.15) is 10.1 Å². The van der Waals surface area contributed by atoms with Crippen LogP contribution in [-0.4, -0.2) is 80.0 Å². The number of aromatic nitrogens is 4. The summed E-state index contributed by atoms with van der Waals surface area (Å²) in [5.41, 5.74) is 1.50. The number of amides is 1. The summed E-state index contributed by atoms with van der Waals surface area (Å²) in [5, 5.41) is 11.5. The number of carbonyl (C=O) groups excluding carboxylic acids is 1. The number of piperidine rings is 1. The van der Waals surface area contributed by atoms with Gasteiger partial charge in [-0.1, -0.05) is 0 Å². The fourth-order valence-electron chi connectivity index (χ4n) is 5.59. The van der Waals surface area contributed by atoms with Crippen LogP contribution in [0, 0.1) is 6.92 Å². The van der Waals surface area contributed by atoms with Crippen molar-refractivity contribution in [1.82, 2.24) is 29.5 Å². The van der Waals surface area contributed by atoms with Gasteiger partial charge in [0.25, 0.3) is 0 Å². The van der Waals surface area contributed by atoms with E-state index in [0.29, 0.717) is 43.0 Å². The van der Waals surface area contributed by atoms with Gasteiger partial charge in [-0.3, -0.25) is 4.68 Å². The molecule has 5 heterocycles.